The molecule has 2 heterocycles. The number of thioether (sulfide) groups is 1. The van der Waals surface area contributed by atoms with E-state index >= 15 is 0 Å². The molecule has 1 aliphatic rings. The van der Waals surface area contributed by atoms with E-state index in [2.05, 4.69) is 35.6 Å². The fourth-order valence-electron chi connectivity index (χ4n) is 3.44. The van der Waals surface area contributed by atoms with Gasteiger partial charge < -0.3 is 5.32 Å². The lowest BCUT2D eigenvalue weighted by Crippen LogP contribution is -2.31. The molecule has 1 N–H and O–H groups in total. The van der Waals surface area contributed by atoms with Crippen molar-refractivity contribution in [3.05, 3.63) is 54.1 Å². The molecule has 1 atom stereocenters. The van der Waals surface area contributed by atoms with Crippen LogP contribution in [0.2, 0.25) is 0 Å². The maximum Gasteiger partial charge on any atom is 0.154 e. The molecule has 0 bridgehead atoms. The molecule has 3 aromatic rings. The van der Waals surface area contributed by atoms with Crippen LogP contribution in [-0.4, -0.2) is 34.4 Å². The Balaban J connectivity index is 1.72. The molecule has 0 amide bonds. The van der Waals surface area contributed by atoms with Crippen LogP contribution in [0.15, 0.2) is 53.6 Å². The van der Waals surface area contributed by atoms with E-state index in [0.717, 1.165) is 46.6 Å². The lowest BCUT2D eigenvalue weighted by Gasteiger charge is -2.09. The molecule has 2 aromatic carbocycles. The standard InChI is InChI=1S/C20H21N3OS/c1-25-20-16-10-9-14(13-19(24)17-8-5-11-21-17)12-18(16)23(22-20)15-6-3-2-4-7-15/h2-4,6-7,9-10,12,17,21H,5,8,11,13H2,1H3. The van der Waals surface area contributed by atoms with Gasteiger partial charge in [-0.2, -0.15) is 5.10 Å². The largest absolute Gasteiger partial charge is 0.307 e. The summed E-state index contributed by atoms with van der Waals surface area (Å²) in [6, 6.07) is 16.4. The summed E-state index contributed by atoms with van der Waals surface area (Å²) < 4.78 is 1.98. The maximum atomic E-state index is 12.5. The van der Waals surface area contributed by atoms with Crippen molar-refractivity contribution >= 4 is 28.4 Å². The number of ketones is 1. The number of hydrogen-bond donors (Lipinski definition) is 1. The van der Waals surface area contributed by atoms with Gasteiger partial charge in [-0.25, -0.2) is 4.68 Å². The number of para-hydroxylation sites is 1. The van der Waals surface area contributed by atoms with E-state index < -0.39 is 0 Å². The van der Waals surface area contributed by atoms with Gasteiger partial charge in [-0.05, 0) is 55.5 Å². The van der Waals surface area contributed by atoms with Gasteiger partial charge in [0.25, 0.3) is 0 Å². The maximum absolute atomic E-state index is 12.5. The zero-order valence-electron chi connectivity index (χ0n) is 14.2. The minimum Gasteiger partial charge on any atom is -0.307 e. The van der Waals surface area contributed by atoms with Gasteiger partial charge in [0.15, 0.2) is 5.78 Å². The molecule has 0 radical (unpaired) electrons. The number of Topliss-reactive ketones (excluding diaryl/α,β-unsaturated/α-hetero) is 1. The zero-order chi connectivity index (χ0) is 17.2. The number of fused-ring (bicyclic) bond motifs is 1. The third-order valence-electron chi connectivity index (χ3n) is 4.73. The first-order valence-electron chi connectivity index (χ1n) is 8.63. The van der Waals surface area contributed by atoms with Crippen molar-refractivity contribution < 1.29 is 4.79 Å². The van der Waals surface area contributed by atoms with Gasteiger partial charge >= 0.3 is 0 Å². The number of carbonyl (C=O) groups is 1. The molecule has 1 aliphatic heterocycles. The lowest BCUT2D eigenvalue weighted by molar-refractivity contribution is -0.120. The molecular formula is C20H21N3OS. The van der Waals surface area contributed by atoms with E-state index in [1.807, 2.05) is 29.1 Å². The Morgan fingerprint density at radius 1 is 1.28 bits per heavy atom. The Morgan fingerprint density at radius 3 is 2.84 bits per heavy atom. The van der Waals surface area contributed by atoms with Gasteiger partial charge in [0.1, 0.15) is 5.03 Å². The normalized spacial score (nSPS) is 17.2. The van der Waals surface area contributed by atoms with E-state index in [1.54, 1.807) is 11.8 Å². The average Bonchev–Trinajstić information content (AvgIpc) is 3.30. The highest BCUT2D eigenvalue weighted by molar-refractivity contribution is 7.98. The predicted octanol–water partition coefficient (Wildman–Crippen LogP) is 3.61. The summed E-state index contributed by atoms with van der Waals surface area (Å²) in [6.45, 7) is 0.952. The van der Waals surface area contributed by atoms with Crippen LogP contribution in [0.1, 0.15) is 18.4 Å². The van der Waals surface area contributed by atoms with E-state index in [9.17, 15) is 4.79 Å². The van der Waals surface area contributed by atoms with Crippen molar-refractivity contribution in [3.8, 4) is 5.69 Å². The fraction of sp³-hybridized carbons (Fsp3) is 0.300. The number of aromatic nitrogens is 2. The van der Waals surface area contributed by atoms with Crippen LogP contribution in [-0.2, 0) is 11.2 Å². The first-order chi connectivity index (χ1) is 12.3. The highest BCUT2D eigenvalue weighted by Crippen LogP contribution is 2.29. The van der Waals surface area contributed by atoms with Gasteiger partial charge in [0.05, 0.1) is 17.2 Å². The molecule has 0 spiro atoms. The number of rotatable bonds is 5. The molecule has 1 unspecified atom stereocenters. The van der Waals surface area contributed by atoms with Gasteiger partial charge in [-0.3, -0.25) is 4.79 Å². The molecule has 128 valence electrons. The third-order valence-corrected chi connectivity index (χ3v) is 5.42. The van der Waals surface area contributed by atoms with Crippen molar-refractivity contribution in [1.29, 1.82) is 0 Å². The second-order valence-corrected chi connectivity index (χ2v) is 7.20. The van der Waals surface area contributed by atoms with Crippen LogP contribution >= 0.6 is 11.8 Å². The van der Waals surface area contributed by atoms with Gasteiger partial charge in [-0.15, -0.1) is 11.8 Å². The molecule has 4 nitrogen and oxygen atoms in total. The van der Waals surface area contributed by atoms with Crippen LogP contribution < -0.4 is 5.32 Å². The Labute approximate surface area is 151 Å². The van der Waals surface area contributed by atoms with Gasteiger partial charge in [0, 0.05) is 11.8 Å². The molecule has 4 rings (SSSR count). The molecule has 0 aliphatic carbocycles. The number of hydrogen-bond acceptors (Lipinski definition) is 4. The van der Waals surface area contributed by atoms with Gasteiger partial charge in [-0.1, -0.05) is 24.3 Å². The zero-order valence-corrected chi connectivity index (χ0v) is 15.1. The highest BCUT2D eigenvalue weighted by atomic mass is 32.2. The van der Waals surface area contributed by atoms with E-state index in [-0.39, 0.29) is 11.8 Å². The molecule has 5 heteroatoms. The summed E-state index contributed by atoms with van der Waals surface area (Å²) in [5, 5.41) is 10.2. The minimum absolute atomic E-state index is 0.0245. The van der Waals surface area contributed by atoms with Crippen LogP contribution in [0.5, 0.6) is 0 Å². The molecule has 1 saturated heterocycles. The number of carbonyl (C=O) groups excluding carboxylic acids is 1. The summed E-state index contributed by atoms with van der Waals surface area (Å²) in [5.41, 5.74) is 3.14. The number of nitrogens with one attached hydrogen (secondary N) is 1. The van der Waals surface area contributed by atoms with Crippen LogP contribution in [0, 0.1) is 0 Å². The smallest absolute Gasteiger partial charge is 0.154 e. The summed E-state index contributed by atoms with van der Waals surface area (Å²) in [7, 11) is 0. The third kappa shape index (κ3) is 3.22. The Morgan fingerprint density at radius 2 is 2.12 bits per heavy atom. The minimum atomic E-state index is 0.0245. The van der Waals surface area contributed by atoms with Crippen LogP contribution in [0.3, 0.4) is 0 Å². The monoisotopic (exact) mass is 351 g/mol. The van der Waals surface area contributed by atoms with Crippen molar-refractivity contribution in [2.45, 2.75) is 30.3 Å². The van der Waals surface area contributed by atoms with E-state index in [1.165, 1.54) is 0 Å². The molecule has 25 heavy (non-hydrogen) atoms. The van der Waals surface area contributed by atoms with Crippen molar-refractivity contribution in [3.63, 3.8) is 0 Å². The Bertz CT molecular complexity index is 898. The first-order valence-corrected chi connectivity index (χ1v) is 9.86. The average molecular weight is 351 g/mol. The molecule has 0 saturated carbocycles. The van der Waals surface area contributed by atoms with E-state index in [4.69, 9.17) is 5.10 Å². The fourth-order valence-corrected chi connectivity index (χ4v) is 4.00. The summed E-state index contributed by atoms with van der Waals surface area (Å²) in [5.74, 6) is 0.285. The predicted molar refractivity (Wildman–Crippen MR) is 103 cm³/mol. The van der Waals surface area contributed by atoms with Crippen molar-refractivity contribution in [2.75, 3.05) is 12.8 Å². The number of nitrogens with zero attached hydrogens (tertiary/aromatic N) is 2. The quantitative estimate of drug-likeness (QED) is 0.714. The van der Waals surface area contributed by atoms with Crippen LogP contribution in [0.4, 0.5) is 0 Å². The van der Waals surface area contributed by atoms with Gasteiger partial charge in [0.2, 0.25) is 0 Å². The molecule has 1 aromatic heterocycles. The summed E-state index contributed by atoms with van der Waals surface area (Å²) in [6.07, 6.45) is 4.56. The Kier molecular flexibility index (Phi) is 4.59. The highest BCUT2D eigenvalue weighted by Gasteiger charge is 2.22. The SMILES string of the molecule is CSc1nn(-c2ccccc2)c2cc(CC(=O)C3CCCN3)ccc12. The topological polar surface area (TPSA) is 46.9 Å². The van der Waals surface area contributed by atoms with E-state index in [0.29, 0.717) is 6.42 Å². The molecule has 1 fully saturated rings. The summed E-state index contributed by atoms with van der Waals surface area (Å²) in [4.78, 5) is 12.5. The van der Waals surface area contributed by atoms with Crippen LogP contribution in [0.25, 0.3) is 16.6 Å². The Hall–Kier alpha value is -2.11. The number of benzene rings is 2. The van der Waals surface area contributed by atoms with Crippen molar-refractivity contribution in [1.82, 2.24) is 15.1 Å². The molecular weight excluding hydrogens is 330 g/mol. The summed E-state index contributed by atoms with van der Waals surface area (Å²) >= 11 is 1.65. The van der Waals surface area contributed by atoms with Crippen molar-refractivity contribution in [2.24, 2.45) is 0 Å². The second kappa shape index (κ2) is 7.02. The lowest BCUT2D eigenvalue weighted by atomic mass is 10.0. The second-order valence-electron chi connectivity index (χ2n) is 6.40. The first kappa shape index (κ1) is 16.4.